The van der Waals surface area contributed by atoms with Crippen molar-refractivity contribution in [1.82, 2.24) is 15.5 Å². The van der Waals surface area contributed by atoms with Crippen LogP contribution in [0.5, 0.6) is 5.75 Å². The highest BCUT2D eigenvalue weighted by atomic mass is 16.5. The molecule has 0 spiro atoms. The van der Waals surface area contributed by atoms with Crippen molar-refractivity contribution in [3.05, 3.63) is 60.2 Å². The molecule has 1 heterocycles. The fourth-order valence-electron chi connectivity index (χ4n) is 3.14. The zero-order valence-corrected chi connectivity index (χ0v) is 14.7. The molecule has 0 fully saturated rings. The monoisotopic (exact) mass is 345 g/mol. The molecular weight excluding hydrogens is 326 g/mol. The topological polar surface area (TPSA) is 67.0 Å². The highest BCUT2D eigenvalue weighted by molar-refractivity contribution is 6.02. The molecule has 1 aromatic heterocycles. The number of aromatic nitrogens is 2. The lowest BCUT2D eigenvalue weighted by Crippen LogP contribution is -2.22. The minimum atomic E-state index is -0.0767. The summed E-state index contributed by atoms with van der Waals surface area (Å²) in [5.41, 5.74) is 3.38. The van der Waals surface area contributed by atoms with Crippen LogP contribution >= 0.6 is 0 Å². The Balaban J connectivity index is 1.81. The second-order valence-electron chi connectivity index (χ2n) is 6.12. The van der Waals surface area contributed by atoms with Crippen LogP contribution in [-0.2, 0) is 0 Å². The van der Waals surface area contributed by atoms with E-state index in [-0.39, 0.29) is 5.91 Å². The smallest absolute Gasteiger partial charge is 0.251 e. The molecule has 130 valence electrons. The predicted octanol–water partition coefficient (Wildman–Crippen LogP) is 4.14. The van der Waals surface area contributed by atoms with Crippen LogP contribution in [-0.4, -0.2) is 29.8 Å². The minimum Gasteiger partial charge on any atom is -0.497 e. The number of benzene rings is 3. The van der Waals surface area contributed by atoms with Crippen molar-refractivity contribution in [2.45, 2.75) is 6.92 Å². The molecule has 0 aliphatic heterocycles. The molecule has 5 nitrogen and oxygen atoms in total. The SMILES string of the molecule is CCNC(=O)c1ccc2[nH]nc(-c3ccc4cc(OC)ccc4c3)c2c1. The summed E-state index contributed by atoms with van der Waals surface area (Å²) in [5.74, 6) is 0.759. The van der Waals surface area contributed by atoms with Crippen LogP contribution in [0.3, 0.4) is 0 Å². The zero-order chi connectivity index (χ0) is 18.1. The molecule has 0 saturated heterocycles. The van der Waals surface area contributed by atoms with Gasteiger partial charge in [-0.2, -0.15) is 5.10 Å². The van der Waals surface area contributed by atoms with E-state index in [2.05, 4.69) is 27.6 Å². The molecule has 0 saturated carbocycles. The van der Waals surface area contributed by atoms with Gasteiger partial charge < -0.3 is 10.1 Å². The minimum absolute atomic E-state index is 0.0767. The van der Waals surface area contributed by atoms with Crippen molar-refractivity contribution >= 4 is 27.6 Å². The van der Waals surface area contributed by atoms with Crippen molar-refractivity contribution in [2.24, 2.45) is 0 Å². The Morgan fingerprint density at radius 1 is 1.08 bits per heavy atom. The normalized spacial score (nSPS) is 11.0. The van der Waals surface area contributed by atoms with Crippen molar-refractivity contribution in [3.8, 4) is 17.0 Å². The number of hydrogen-bond donors (Lipinski definition) is 2. The van der Waals surface area contributed by atoms with Gasteiger partial charge in [0.2, 0.25) is 0 Å². The van der Waals surface area contributed by atoms with E-state index >= 15 is 0 Å². The third kappa shape index (κ3) is 2.77. The Labute approximate surface area is 151 Å². The summed E-state index contributed by atoms with van der Waals surface area (Å²) in [6.07, 6.45) is 0. The number of rotatable bonds is 4. The molecule has 0 bridgehead atoms. The number of amides is 1. The Kier molecular flexibility index (Phi) is 4.05. The first-order valence-electron chi connectivity index (χ1n) is 8.54. The summed E-state index contributed by atoms with van der Waals surface area (Å²) >= 11 is 0. The van der Waals surface area contributed by atoms with Gasteiger partial charge in [0.15, 0.2) is 0 Å². The van der Waals surface area contributed by atoms with E-state index in [4.69, 9.17) is 4.74 Å². The van der Waals surface area contributed by atoms with Crippen LogP contribution in [0.1, 0.15) is 17.3 Å². The van der Waals surface area contributed by atoms with Crippen LogP contribution in [0.15, 0.2) is 54.6 Å². The van der Waals surface area contributed by atoms with Gasteiger partial charge in [-0.25, -0.2) is 0 Å². The van der Waals surface area contributed by atoms with Crippen molar-refractivity contribution in [2.75, 3.05) is 13.7 Å². The Bertz CT molecular complexity index is 1110. The van der Waals surface area contributed by atoms with E-state index in [1.165, 1.54) is 0 Å². The maximum atomic E-state index is 12.1. The number of nitrogens with one attached hydrogen (secondary N) is 2. The highest BCUT2D eigenvalue weighted by Gasteiger charge is 2.12. The van der Waals surface area contributed by atoms with Crippen LogP contribution in [0.4, 0.5) is 0 Å². The lowest BCUT2D eigenvalue weighted by molar-refractivity contribution is 0.0956. The van der Waals surface area contributed by atoms with E-state index in [0.717, 1.165) is 38.7 Å². The van der Waals surface area contributed by atoms with E-state index in [9.17, 15) is 4.79 Å². The van der Waals surface area contributed by atoms with Crippen molar-refractivity contribution < 1.29 is 9.53 Å². The molecule has 0 unspecified atom stereocenters. The number of ether oxygens (including phenoxy) is 1. The number of hydrogen-bond acceptors (Lipinski definition) is 3. The van der Waals surface area contributed by atoms with E-state index < -0.39 is 0 Å². The van der Waals surface area contributed by atoms with Crippen LogP contribution in [0, 0.1) is 0 Å². The van der Waals surface area contributed by atoms with Gasteiger partial charge in [0, 0.05) is 23.1 Å². The van der Waals surface area contributed by atoms with E-state index in [1.807, 2.05) is 49.4 Å². The molecule has 0 atom stereocenters. The Hall–Kier alpha value is -3.34. The Morgan fingerprint density at radius 3 is 2.69 bits per heavy atom. The summed E-state index contributed by atoms with van der Waals surface area (Å²) in [5, 5.41) is 13.5. The van der Waals surface area contributed by atoms with Crippen molar-refractivity contribution in [3.63, 3.8) is 0 Å². The van der Waals surface area contributed by atoms with Gasteiger partial charge in [-0.1, -0.05) is 18.2 Å². The summed E-state index contributed by atoms with van der Waals surface area (Å²) < 4.78 is 5.28. The van der Waals surface area contributed by atoms with Gasteiger partial charge in [0.05, 0.1) is 18.3 Å². The molecule has 1 amide bonds. The molecule has 5 heteroatoms. The number of carbonyl (C=O) groups excluding carboxylic acids is 1. The first kappa shape index (κ1) is 16.1. The van der Waals surface area contributed by atoms with Gasteiger partial charge in [-0.05, 0) is 54.1 Å². The fourth-order valence-corrected chi connectivity index (χ4v) is 3.14. The molecule has 0 radical (unpaired) electrons. The number of carbonyl (C=O) groups is 1. The quantitative estimate of drug-likeness (QED) is 0.584. The summed E-state index contributed by atoms with van der Waals surface area (Å²) in [6, 6.07) is 17.8. The zero-order valence-electron chi connectivity index (χ0n) is 14.7. The van der Waals surface area contributed by atoms with Gasteiger partial charge in [-0.15, -0.1) is 0 Å². The number of nitrogens with zero attached hydrogens (tertiary/aromatic N) is 1. The van der Waals surface area contributed by atoms with Crippen molar-refractivity contribution in [1.29, 1.82) is 0 Å². The molecule has 4 aromatic rings. The lowest BCUT2D eigenvalue weighted by atomic mass is 10.0. The summed E-state index contributed by atoms with van der Waals surface area (Å²) in [7, 11) is 1.66. The molecule has 2 N–H and O–H groups in total. The Morgan fingerprint density at radius 2 is 1.88 bits per heavy atom. The highest BCUT2D eigenvalue weighted by Crippen LogP contribution is 2.30. The second-order valence-corrected chi connectivity index (χ2v) is 6.12. The second kappa shape index (κ2) is 6.52. The molecule has 3 aromatic carbocycles. The third-order valence-electron chi connectivity index (χ3n) is 4.48. The van der Waals surface area contributed by atoms with Crippen LogP contribution in [0.25, 0.3) is 32.9 Å². The predicted molar refractivity (Wildman–Crippen MR) is 104 cm³/mol. The van der Waals surface area contributed by atoms with Crippen LogP contribution < -0.4 is 10.1 Å². The van der Waals surface area contributed by atoms with Gasteiger partial charge in [0.25, 0.3) is 5.91 Å². The summed E-state index contributed by atoms with van der Waals surface area (Å²) in [6.45, 7) is 2.51. The molecule has 0 aliphatic rings. The first-order chi connectivity index (χ1) is 12.7. The maximum absolute atomic E-state index is 12.1. The molecule has 26 heavy (non-hydrogen) atoms. The first-order valence-corrected chi connectivity index (χ1v) is 8.54. The average Bonchev–Trinajstić information content (AvgIpc) is 3.10. The van der Waals surface area contributed by atoms with Gasteiger partial charge in [-0.3, -0.25) is 9.89 Å². The fraction of sp³-hybridized carbons (Fsp3) is 0.143. The number of H-pyrrole nitrogens is 1. The molecule has 4 rings (SSSR count). The van der Waals surface area contributed by atoms with Gasteiger partial charge in [0.1, 0.15) is 5.75 Å². The maximum Gasteiger partial charge on any atom is 0.251 e. The largest absolute Gasteiger partial charge is 0.497 e. The van der Waals surface area contributed by atoms with E-state index in [1.54, 1.807) is 7.11 Å². The molecular formula is C21H19N3O2. The average molecular weight is 345 g/mol. The number of methoxy groups -OCH3 is 1. The molecule has 0 aliphatic carbocycles. The summed E-state index contributed by atoms with van der Waals surface area (Å²) in [4.78, 5) is 12.1. The number of fused-ring (bicyclic) bond motifs is 2. The number of aromatic amines is 1. The third-order valence-corrected chi connectivity index (χ3v) is 4.48. The lowest BCUT2D eigenvalue weighted by Gasteiger charge is -2.05. The standard InChI is InChI=1S/C21H19N3O2/c1-3-22-21(25)16-7-9-19-18(12-16)20(24-23-19)15-5-4-14-11-17(26-2)8-6-13(14)10-15/h4-12H,3H2,1-2H3,(H,22,25)(H,23,24). The van der Waals surface area contributed by atoms with Crippen LogP contribution in [0.2, 0.25) is 0 Å². The van der Waals surface area contributed by atoms with E-state index in [0.29, 0.717) is 12.1 Å². The van der Waals surface area contributed by atoms with Gasteiger partial charge >= 0.3 is 0 Å².